The standard InChI is InChI=1S/C19H17FN2O3S/c1-11-2-7-14-15(9-21)18(26-16(14)8-11)22-17(23)10-25-19(24)12-3-5-13(20)6-4-12/h3-6,11H,2,7-8,10H2,1H3,(H,22,23)/t11-/m1/s1. The van der Waals surface area contributed by atoms with Crippen LogP contribution in [0.15, 0.2) is 24.3 Å². The van der Waals surface area contributed by atoms with Gasteiger partial charge in [-0.05, 0) is 55.0 Å². The molecule has 5 nitrogen and oxygen atoms in total. The van der Waals surface area contributed by atoms with Crippen LogP contribution in [0, 0.1) is 23.1 Å². The van der Waals surface area contributed by atoms with Gasteiger partial charge >= 0.3 is 5.97 Å². The number of nitrogens with one attached hydrogen (secondary N) is 1. The summed E-state index contributed by atoms with van der Waals surface area (Å²) >= 11 is 1.41. The molecule has 1 atom stereocenters. The molecular formula is C19H17FN2O3S. The number of rotatable bonds is 4. The van der Waals surface area contributed by atoms with Crippen LogP contribution in [0.4, 0.5) is 9.39 Å². The van der Waals surface area contributed by atoms with E-state index < -0.39 is 24.3 Å². The van der Waals surface area contributed by atoms with Crippen LogP contribution in [0.25, 0.3) is 0 Å². The molecule has 7 heteroatoms. The van der Waals surface area contributed by atoms with Gasteiger partial charge in [-0.1, -0.05) is 6.92 Å². The van der Waals surface area contributed by atoms with Gasteiger partial charge in [-0.2, -0.15) is 5.26 Å². The quantitative estimate of drug-likeness (QED) is 0.831. The molecule has 1 aliphatic rings. The summed E-state index contributed by atoms with van der Waals surface area (Å²) in [5.41, 5.74) is 1.70. The number of nitriles is 1. The van der Waals surface area contributed by atoms with Crippen molar-refractivity contribution in [2.45, 2.75) is 26.2 Å². The van der Waals surface area contributed by atoms with E-state index in [-0.39, 0.29) is 5.56 Å². The van der Waals surface area contributed by atoms with Crippen molar-refractivity contribution >= 4 is 28.2 Å². The van der Waals surface area contributed by atoms with Crippen molar-refractivity contribution in [2.75, 3.05) is 11.9 Å². The van der Waals surface area contributed by atoms with Crippen LogP contribution in [0.1, 0.15) is 39.7 Å². The molecule has 2 aromatic rings. The van der Waals surface area contributed by atoms with Crippen molar-refractivity contribution in [2.24, 2.45) is 5.92 Å². The molecule has 1 amide bonds. The maximum atomic E-state index is 12.9. The van der Waals surface area contributed by atoms with Crippen molar-refractivity contribution in [3.63, 3.8) is 0 Å². The fourth-order valence-electron chi connectivity index (χ4n) is 2.92. The summed E-state index contributed by atoms with van der Waals surface area (Å²) in [5, 5.41) is 12.6. The number of carbonyl (C=O) groups excluding carboxylic acids is 2. The Morgan fingerprint density at radius 1 is 1.38 bits per heavy atom. The second-order valence-corrected chi connectivity index (χ2v) is 7.40. The third-order valence-corrected chi connectivity index (χ3v) is 5.46. The van der Waals surface area contributed by atoms with Gasteiger partial charge < -0.3 is 10.1 Å². The van der Waals surface area contributed by atoms with Crippen LogP contribution in [-0.4, -0.2) is 18.5 Å². The number of nitrogens with zero attached hydrogens (tertiary/aromatic N) is 1. The Bertz CT molecular complexity index is 883. The minimum absolute atomic E-state index is 0.164. The number of thiophene rings is 1. The SMILES string of the molecule is C[C@@H]1CCc2c(sc(NC(=O)COC(=O)c3ccc(F)cc3)c2C#N)C1. The summed E-state index contributed by atoms with van der Waals surface area (Å²) in [6.07, 6.45) is 2.77. The number of fused-ring (bicyclic) bond motifs is 1. The number of halogens is 1. The first-order valence-corrected chi connectivity index (χ1v) is 9.06. The molecule has 0 saturated carbocycles. The van der Waals surface area contributed by atoms with Gasteiger partial charge in [-0.15, -0.1) is 11.3 Å². The predicted molar refractivity (Wildman–Crippen MR) is 95.5 cm³/mol. The topological polar surface area (TPSA) is 79.2 Å². The summed E-state index contributed by atoms with van der Waals surface area (Å²) < 4.78 is 17.8. The molecule has 134 valence electrons. The van der Waals surface area contributed by atoms with Gasteiger partial charge in [-0.3, -0.25) is 4.79 Å². The smallest absolute Gasteiger partial charge is 0.338 e. The number of anilines is 1. The fourth-order valence-corrected chi connectivity index (χ4v) is 4.30. The third kappa shape index (κ3) is 3.92. The highest BCUT2D eigenvalue weighted by molar-refractivity contribution is 7.16. The van der Waals surface area contributed by atoms with Crippen LogP contribution in [0.2, 0.25) is 0 Å². The van der Waals surface area contributed by atoms with E-state index in [0.717, 1.165) is 41.8 Å². The first-order valence-electron chi connectivity index (χ1n) is 8.25. The third-order valence-electron chi connectivity index (χ3n) is 4.29. The van der Waals surface area contributed by atoms with E-state index in [4.69, 9.17) is 4.74 Å². The molecule has 0 spiro atoms. The lowest BCUT2D eigenvalue weighted by Crippen LogP contribution is -2.20. The number of amides is 1. The summed E-state index contributed by atoms with van der Waals surface area (Å²) in [5.74, 6) is -1.12. The zero-order valence-corrected chi connectivity index (χ0v) is 15.0. The molecule has 1 heterocycles. The molecule has 26 heavy (non-hydrogen) atoms. The minimum Gasteiger partial charge on any atom is -0.452 e. The number of ether oxygens (including phenoxy) is 1. The average Bonchev–Trinajstić information content (AvgIpc) is 2.96. The number of esters is 1. The van der Waals surface area contributed by atoms with Crippen molar-refractivity contribution in [3.8, 4) is 6.07 Å². The number of hydrogen-bond donors (Lipinski definition) is 1. The molecule has 1 N–H and O–H groups in total. The molecule has 0 aliphatic heterocycles. The molecule has 1 aliphatic carbocycles. The maximum Gasteiger partial charge on any atom is 0.338 e. The van der Waals surface area contributed by atoms with Crippen molar-refractivity contribution < 1.29 is 18.7 Å². The monoisotopic (exact) mass is 372 g/mol. The lowest BCUT2D eigenvalue weighted by atomic mass is 9.89. The zero-order chi connectivity index (χ0) is 18.7. The molecule has 0 bridgehead atoms. The molecule has 0 unspecified atom stereocenters. The Kier molecular flexibility index (Phi) is 5.33. The van der Waals surface area contributed by atoms with E-state index in [1.807, 2.05) is 0 Å². The highest BCUT2D eigenvalue weighted by Gasteiger charge is 2.24. The van der Waals surface area contributed by atoms with Gasteiger partial charge in [-0.25, -0.2) is 9.18 Å². The van der Waals surface area contributed by atoms with Crippen LogP contribution in [-0.2, 0) is 22.4 Å². The van der Waals surface area contributed by atoms with Gasteiger partial charge in [0.15, 0.2) is 6.61 Å². The van der Waals surface area contributed by atoms with Gasteiger partial charge in [0.05, 0.1) is 11.1 Å². The first-order chi connectivity index (χ1) is 12.5. The van der Waals surface area contributed by atoms with Crippen molar-refractivity contribution in [3.05, 3.63) is 51.7 Å². The van der Waals surface area contributed by atoms with E-state index in [9.17, 15) is 19.2 Å². The number of hydrogen-bond acceptors (Lipinski definition) is 5. The van der Waals surface area contributed by atoms with Crippen molar-refractivity contribution in [1.29, 1.82) is 5.26 Å². The summed E-state index contributed by atoms with van der Waals surface area (Å²) in [6, 6.07) is 7.04. The Morgan fingerprint density at radius 3 is 2.81 bits per heavy atom. The summed E-state index contributed by atoms with van der Waals surface area (Å²) in [4.78, 5) is 25.1. The van der Waals surface area contributed by atoms with E-state index in [2.05, 4.69) is 18.3 Å². The van der Waals surface area contributed by atoms with E-state index in [1.165, 1.54) is 23.5 Å². The highest BCUT2D eigenvalue weighted by atomic mass is 32.1. The Hall–Kier alpha value is -2.72. The second kappa shape index (κ2) is 7.67. The van der Waals surface area contributed by atoms with Crippen LogP contribution < -0.4 is 5.32 Å². The predicted octanol–water partition coefficient (Wildman–Crippen LogP) is 3.68. The lowest BCUT2D eigenvalue weighted by Gasteiger charge is -2.17. The zero-order valence-electron chi connectivity index (χ0n) is 14.2. The van der Waals surface area contributed by atoms with E-state index in [0.29, 0.717) is 16.5 Å². The molecule has 0 saturated heterocycles. The number of carbonyl (C=O) groups is 2. The second-order valence-electron chi connectivity index (χ2n) is 6.30. The Morgan fingerprint density at radius 2 is 2.12 bits per heavy atom. The molecule has 3 rings (SSSR count). The minimum atomic E-state index is -0.708. The Balaban J connectivity index is 1.63. The Labute approximate surface area is 154 Å². The molecular weight excluding hydrogens is 355 g/mol. The summed E-state index contributed by atoms with van der Waals surface area (Å²) in [7, 11) is 0. The van der Waals surface area contributed by atoms with E-state index >= 15 is 0 Å². The van der Waals surface area contributed by atoms with Gasteiger partial charge in [0, 0.05) is 4.88 Å². The summed E-state index contributed by atoms with van der Waals surface area (Å²) in [6.45, 7) is 1.70. The maximum absolute atomic E-state index is 12.9. The molecule has 1 aromatic carbocycles. The highest BCUT2D eigenvalue weighted by Crippen LogP contribution is 2.39. The fraction of sp³-hybridized carbons (Fsp3) is 0.316. The molecule has 0 fully saturated rings. The molecule has 0 radical (unpaired) electrons. The lowest BCUT2D eigenvalue weighted by molar-refractivity contribution is -0.119. The van der Waals surface area contributed by atoms with Crippen LogP contribution in [0.5, 0.6) is 0 Å². The van der Waals surface area contributed by atoms with E-state index in [1.54, 1.807) is 0 Å². The number of benzene rings is 1. The van der Waals surface area contributed by atoms with Crippen LogP contribution in [0.3, 0.4) is 0 Å². The molecule has 1 aromatic heterocycles. The van der Waals surface area contributed by atoms with Crippen molar-refractivity contribution in [1.82, 2.24) is 0 Å². The average molecular weight is 372 g/mol. The van der Waals surface area contributed by atoms with Crippen LogP contribution >= 0.6 is 11.3 Å². The van der Waals surface area contributed by atoms with Gasteiger partial charge in [0.2, 0.25) is 0 Å². The van der Waals surface area contributed by atoms with Gasteiger partial charge in [0.1, 0.15) is 16.9 Å². The largest absolute Gasteiger partial charge is 0.452 e. The van der Waals surface area contributed by atoms with Gasteiger partial charge in [0.25, 0.3) is 5.91 Å². The first kappa shape index (κ1) is 18.1. The normalized spacial score (nSPS) is 15.7.